The normalized spacial score (nSPS) is 28.0. The van der Waals surface area contributed by atoms with Crippen molar-refractivity contribution in [1.82, 2.24) is 5.32 Å². The molecule has 2 fully saturated rings. The molecule has 4 rings (SSSR count). The second-order valence-electron chi connectivity index (χ2n) is 7.74. The molecular formula is C19H25NO4. The van der Waals surface area contributed by atoms with Gasteiger partial charge in [-0.15, -0.1) is 0 Å². The van der Waals surface area contributed by atoms with E-state index < -0.39 is 5.41 Å². The first kappa shape index (κ1) is 15.8. The standard InChI is InChI=1S/C19H25NO4/c1-18(2,13-5-6-14-15(10-13)24-12-23-14)17(21)20-11-19-7-3-4-16(19)22-9-8-19/h5-6,10,16H,3-4,7-9,11-12H2,1-2H3,(H,20,21)/t16-,19-/m1/s1. The Labute approximate surface area is 142 Å². The molecule has 24 heavy (non-hydrogen) atoms. The lowest BCUT2D eigenvalue weighted by molar-refractivity contribution is -0.126. The fourth-order valence-corrected chi connectivity index (χ4v) is 4.24. The van der Waals surface area contributed by atoms with E-state index in [2.05, 4.69) is 5.32 Å². The summed E-state index contributed by atoms with van der Waals surface area (Å²) in [7, 11) is 0. The third-order valence-corrected chi connectivity index (χ3v) is 6.01. The zero-order valence-corrected chi connectivity index (χ0v) is 14.4. The van der Waals surface area contributed by atoms with Crippen LogP contribution in [0.15, 0.2) is 18.2 Å². The first-order valence-electron chi connectivity index (χ1n) is 8.81. The van der Waals surface area contributed by atoms with Crippen LogP contribution in [0.1, 0.15) is 45.1 Å². The first-order chi connectivity index (χ1) is 11.5. The zero-order valence-electron chi connectivity index (χ0n) is 14.4. The van der Waals surface area contributed by atoms with Crippen LogP contribution in [0.4, 0.5) is 0 Å². The van der Waals surface area contributed by atoms with Crippen LogP contribution >= 0.6 is 0 Å². The molecule has 1 saturated carbocycles. The average molecular weight is 331 g/mol. The average Bonchev–Trinajstić information content (AvgIpc) is 3.26. The van der Waals surface area contributed by atoms with Gasteiger partial charge in [0.05, 0.1) is 11.5 Å². The molecule has 1 aromatic carbocycles. The largest absolute Gasteiger partial charge is 0.454 e. The Morgan fingerprint density at radius 3 is 3.00 bits per heavy atom. The minimum Gasteiger partial charge on any atom is -0.454 e. The highest BCUT2D eigenvalue weighted by molar-refractivity contribution is 5.87. The number of fused-ring (bicyclic) bond motifs is 2. The van der Waals surface area contributed by atoms with Gasteiger partial charge in [0.15, 0.2) is 11.5 Å². The summed E-state index contributed by atoms with van der Waals surface area (Å²) in [5.74, 6) is 1.51. The zero-order chi connectivity index (χ0) is 16.8. The molecule has 130 valence electrons. The van der Waals surface area contributed by atoms with E-state index in [1.165, 1.54) is 6.42 Å². The molecule has 1 N–H and O–H groups in total. The number of rotatable bonds is 4. The van der Waals surface area contributed by atoms with E-state index in [0.29, 0.717) is 18.4 Å². The summed E-state index contributed by atoms with van der Waals surface area (Å²) < 4.78 is 16.6. The van der Waals surface area contributed by atoms with Crippen molar-refractivity contribution in [2.45, 2.75) is 51.0 Å². The Morgan fingerprint density at radius 2 is 2.12 bits per heavy atom. The Balaban J connectivity index is 1.47. The highest BCUT2D eigenvalue weighted by atomic mass is 16.7. The smallest absolute Gasteiger partial charge is 0.231 e. The Bertz CT molecular complexity index is 645. The number of carbonyl (C=O) groups is 1. The van der Waals surface area contributed by atoms with Crippen LogP contribution < -0.4 is 14.8 Å². The van der Waals surface area contributed by atoms with Crippen molar-refractivity contribution in [2.75, 3.05) is 19.9 Å². The van der Waals surface area contributed by atoms with E-state index >= 15 is 0 Å². The lowest BCUT2D eigenvalue weighted by Crippen LogP contribution is -2.46. The van der Waals surface area contributed by atoms with E-state index in [4.69, 9.17) is 14.2 Å². The van der Waals surface area contributed by atoms with Crippen LogP contribution in [0.25, 0.3) is 0 Å². The minimum atomic E-state index is -0.620. The van der Waals surface area contributed by atoms with Gasteiger partial charge in [0.2, 0.25) is 12.7 Å². The SMILES string of the molecule is CC(C)(C(=O)NC[C@]12CCC[C@H]1OCC2)c1ccc2c(c1)OCO2. The van der Waals surface area contributed by atoms with Crippen molar-refractivity contribution in [3.8, 4) is 11.5 Å². The van der Waals surface area contributed by atoms with Crippen LogP contribution in [-0.4, -0.2) is 32.0 Å². The van der Waals surface area contributed by atoms with Crippen molar-refractivity contribution in [3.05, 3.63) is 23.8 Å². The molecular weight excluding hydrogens is 306 g/mol. The molecule has 5 nitrogen and oxygen atoms in total. The predicted molar refractivity (Wildman–Crippen MR) is 89.2 cm³/mol. The van der Waals surface area contributed by atoms with E-state index in [1.807, 2.05) is 32.0 Å². The summed E-state index contributed by atoms with van der Waals surface area (Å²) in [6, 6.07) is 5.74. The molecule has 0 aromatic heterocycles. The molecule has 0 spiro atoms. The van der Waals surface area contributed by atoms with Crippen LogP contribution in [0.3, 0.4) is 0 Å². The molecule has 5 heteroatoms. The maximum Gasteiger partial charge on any atom is 0.231 e. The topological polar surface area (TPSA) is 56.8 Å². The molecule has 0 unspecified atom stereocenters. The summed E-state index contributed by atoms with van der Waals surface area (Å²) in [6.45, 7) is 5.69. The van der Waals surface area contributed by atoms with Gasteiger partial charge < -0.3 is 19.5 Å². The maximum absolute atomic E-state index is 12.9. The van der Waals surface area contributed by atoms with Gasteiger partial charge in [-0.25, -0.2) is 0 Å². The molecule has 1 aromatic rings. The van der Waals surface area contributed by atoms with E-state index in [-0.39, 0.29) is 18.1 Å². The highest BCUT2D eigenvalue weighted by Gasteiger charge is 2.48. The predicted octanol–water partition coefficient (Wildman–Crippen LogP) is 2.77. The van der Waals surface area contributed by atoms with Gasteiger partial charge in [0, 0.05) is 18.6 Å². The molecule has 1 saturated heterocycles. The monoisotopic (exact) mass is 331 g/mol. The number of amides is 1. The third kappa shape index (κ3) is 2.46. The summed E-state index contributed by atoms with van der Waals surface area (Å²) >= 11 is 0. The number of hydrogen-bond donors (Lipinski definition) is 1. The van der Waals surface area contributed by atoms with Gasteiger partial charge in [-0.3, -0.25) is 4.79 Å². The number of carbonyl (C=O) groups excluding carboxylic acids is 1. The minimum absolute atomic E-state index is 0.0493. The van der Waals surface area contributed by atoms with Gasteiger partial charge in [0.1, 0.15) is 0 Å². The fourth-order valence-electron chi connectivity index (χ4n) is 4.24. The fraction of sp³-hybridized carbons (Fsp3) is 0.632. The molecule has 2 heterocycles. The number of ether oxygens (including phenoxy) is 3. The van der Waals surface area contributed by atoms with Crippen LogP contribution in [-0.2, 0) is 14.9 Å². The van der Waals surface area contributed by atoms with Crippen LogP contribution in [0.5, 0.6) is 11.5 Å². The van der Waals surface area contributed by atoms with E-state index in [0.717, 1.165) is 37.2 Å². The molecule has 0 bridgehead atoms. The van der Waals surface area contributed by atoms with Gasteiger partial charge in [-0.1, -0.05) is 12.5 Å². The van der Waals surface area contributed by atoms with Gasteiger partial charge in [-0.2, -0.15) is 0 Å². The summed E-state index contributed by atoms with van der Waals surface area (Å²) in [5.41, 5.74) is 0.471. The highest BCUT2D eigenvalue weighted by Crippen LogP contribution is 2.47. The second kappa shape index (κ2) is 5.66. The van der Waals surface area contributed by atoms with Crippen LogP contribution in [0, 0.1) is 5.41 Å². The lowest BCUT2D eigenvalue weighted by atomic mass is 9.80. The molecule has 2 aliphatic heterocycles. The van der Waals surface area contributed by atoms with Crippen molar-refractivity contribution in [1.29, 1.82) is 0 Å². The first-order valence-corrected chi connectivity index (χ1v) is 8.81. The molecule has 1 amide bonds. The Kier molecular flexibility index (Phi) is 3.71. The lowest BCUT2D eigenvalue weighted by Gasteiger charge is -2.31. The summed E-state index contributed by atoms with van der Waals surface area (Å²) in [5, 5.41) is 3.20. The van der Waals surface area contributed by atoms with Gasteiger partial charge in [-0.05, 0) is 50.8 Å². The second-order valence-corrected chi connectivity index (χ2v) is 7.74. The number of hydrogen-bond acceptors (Lipinski definition) is 4. The summed E-state index contributed by atoms with van der Waals surface area (Å²) in [6.07, 6.45) is 4.87. The number of nitrogens with one attached hydrogen (secondary N) is 1. The molecule has 2 atom stereocenters. The van der Waals surface area contributed by atoms with E-state index in [9.17, 15) is 4.79 Å². The van der Waals surface area contributed by atoms with E-state index in [1.54, 1.807) is 0 Å². The summed E-state index contributed by atoms with van der Waals surface area (Å²) in [4.78, 5) is 12.9. The molecule has 1 aliphatic carbocycles. The van der Waals surface area contributed by atoms with Crippen LogP contribution in [0.2, 0.25) is 0 Å². The quantitative estimate of drug-likeness (QED) is 0.922. The molecule has 3 aliphatic rings. The number of benzene rings is 1. The van der Waals surface area contributed by atoms with Crippen molar-refractivity contribution >= 4 is 5.91 Å². The Morgan fingerprint density at radius 1 is 1.29 bits per heavy atom. The van der Waals surface area contributed by atoms with Gasteiger partial charge in [0.25, 0.3) is 0 Å². The van der Waals surface area contributed by atoms with Crippen molar-refractivity contribution < 1.29 is 19.0 Å². The Hall–Kier alpha value is -1.75. The third-order valence-electron chi connectivity index (χ3n) is 6.01. The molecule has 0 radical (unpaired) electrons. The maximum atomic E-state index is 12.9. The van der Waals surface area contributed by atoms with Gasteiger partial charge >= 0.3 is 0 Å². The van der Waals surface area contributed by atoms with Crippen molar-refractivity contribution in [2.24, 2.45) is 5.41 Å². The van der Waals surface area contributed by atoms with Crippen molar-refractivity contribution in [3.63, 3.8) is 0 Å².